The van der Waals surface area contributed by atoms with E-state index in [9.17, 15) is 29.8 Å². The van der Waals surface area contributed by atoms with Crippen LogP contribution in [0.1, 0.15) is 12.8 Å². The summed E-state index contributed by atoms with van der Waals surface area (Å²) in [6.45, 7) is 0. The van der Waals surface area contributed by atoms with Crippen LogP contribution in [0.15, 0.2) is 78.9 Å². The molecule has 19 nitrogen and oxygen atoms in total. The average molecular weight is 825 g/mol. The number of hydrogen-bond donors (Lipinski definition) is 5. The molecule has 0 unspecified atom stereocenters. The first-order chi connectivity index (χ1) is 24.0. The summed E-state index contributed by atoms with van der Waals surface area (Å²) in [6, 6.07) is 11.9. The lowest BCUT2D eigenvalue weighted by Crippen LogP contribution is -2.07. The van der Waals surface area contributed by atoms with Crippen molar-refractivity contribution in [2.75, 3.05) is 35.4 Å². The molecule has 5 N–H and O–H groups in total. The second kappa shape index (κ2) is 18.0. The van der Waals surface area contributed by atoms with Crippen molar-refractivity contribution in [3.05, 3.63) is 48.5 Å². The number of aromatic nitrogens is 3. The Kier molecular flexibility index (Phi) is 14.3. The Balaban J connectivity index is 1.56. The van der Waals surface area contributed by atoms with Gasteiger partial charge < -0.3 is 10.1 Å². The zero-order valence-electron chi connectivity index (χ0n) is 26.0. The molecule has 0 atom stereocenters. The summed E-state index contributed by atoms with van der Waals surface area (Å²) in [6.07, 6.45) is 0.243. The van der Waals surface area contributed by atoms with Crippen LogP contribution in [0, 0.1) is 0 Å². The van der Waals surface area contributed by atoms with Crippen LogP contribution in [-0.4, -0.2) is 89.2 Å². The van der Waals surface area contributed by atoms with Gasteiger partial charge in [-0.3, -0.25) is 13.7 Å². The minimum absolute atomic E-state index is 0.0787. The van der Waals surface area contributed by atoms with Crippen molar-refractivity contribution in [2.24, 2.45) is 10.2 Å². The van der Waals surface area contributed by atoms with Crippen LogP contribution in [0.25, 0.3) is 10.8 Å². The Morgan fingerprint density at radius 1 is 0.784 bits per heavy atom. The van der Waals surface area contributed by atoms with Gasteiger partial charge in [0.2, 0.25) is 5.95 Å². The predicted octanol–water partition coefficient (Wildman–Crippen LogP) is 5.61. The van der Waals surface area contributed by atoms with Crippen LogP contribution in [0.2, 0.25) is 0 Å². The molecule has 4 aromatic rings. The highest BCUT2D eigenvalue weighted by molar-refractivity contribution is 7.99. The molecule has 0 radical (unpaired) electrons. The summed E-state index contributed by atoms with van der Waals surface area (Å²) in [4.78, 5) is 12.8. The first kappa shape index (κ1) is 40.6. The SMILES string of the molecule is COc1cc(N=Nc2ccc3cc(SOOO)cc(S(=O)(=O)O)c3c2)ccc1Nc1nc(SCCCS(=O)(=O)O)nc(SCCCS(=O)(=O)O)n1. The zero-order valence-corrected chi connectivity index (χ0v) is 30.9. The smallest absolute Gasteiger partial charge is 0.295 e. The minimum atomic E-state index is -4.68. The lowest BCUT2D eigenvalue weighted by atomic mass is 10.1. The molecule has 0 spiro atoms. The van der Waals surface area contributed by atoms with Crippen molar-refractivity contribution in [3.63, 3.8) is 0 Å². The Morgan fingerprint density at radius 3 is 1.92 bits per heavy atom. The maximum absolute atomic E-state index is 12.1. The average Bonchev–Trinajstić information content (AvgIpc) is 3.05. The molecule has 4 rings (SSSR count). The Labute approximate surface area is 304 Å². The summed E-state index contributed by atoms with van der Waals surface area (Å²) >= 11 is 2.75. The molecule has 0 aliphatic rings. The fraction of sp³-hybridized carbons (Fsp3) is 0.269. The number of nitrogens with one attached hydrogen (secondary N) is 1. The summed E-state index contributed by atoms with van der Waals surface area (Å²) in [5, 5.41) is 24.3. The van der Waals surface area contributed by atoms with Gasteiger partial charge in [-0.15, -0.1) is 4.33 Å². The van der Waals surface area contributed by atoms with E-state index in [1.54, 1.807) is 30.3 Å². The number of thioether (sulfide) groups is 2. The fourth-order valence-corrected chi connectivity index (χ4v) is 8.32. The van der Waals surface area contributed by atoms with E-state index in [1.165, 1.54) is 19.2 Å². The first-order valence-corrected chi connectivity index (χ1v) is 21.4. The molecule has 0 fully saturated rings. The third-order valence-electron chi connectivity index (χ3n) is 6.17. The molecular formula is C26H28N6O13S6. The number of methoxy groups -OCH3 is 1. The highest BCUT2D eigenvalue weighted by atomic mass is 32.2. The van der Waals surface area contributed by atoms with Gasteiger partial charge in [-0.1, -0.05) is 34.6 Å². The van der Waals surface area contributed by atoms with Gasteiger partial charge in [-0.05, 0) is 54.6 Å². The van der Waals surface area contributed by atoms with E-state index in [4.69, 9.17) is 19.1 Å². The van der Waals surface area contributed by atoms with Gasteiger partial charge >= 0.3 is 0 Å². The van der Waals surface area contributed by atoms with E-state index in [2.05, 4.69) is 39.9 Å². The second-order valence-corrected chi connectivity index (χ2v) is 17.4. The molecule has 0 aliphatic heterocycles. The Morgan fingerprint density at radius 2 is 1.37 bits per heavy atom. The van der Waals surface area contributed by atoms with Crippen LogP contribution in [0.4, 0.5) is 23.0 Å². The molecule has 0 amide bonds. The van der Waals surface area contributed by atoms with Crippen LogP contribution < -0.4 is 10.1 Å². The highest BCUT2D eigenvalue weighted by Gasteiger charge is 2.18. The van der Waals surface area contributed by atoms with Gasteiger partial charge in [0.1, 0.15) is 10.6 Å². The van der Waals surface area contributed by atoms with E-state index in [0.717, 1.165) is 29.6 Å². The van der Waals surface area contributed by atoms with E-state index in [1.807, 2.05) is 0 Å². The minimum Gasteiger partial charge on any atom is -0.494 e. The van der Waals surface area contributed by atoms with Crippen molar-refractivity contribution in [3.8, 4) is 5.75 Å². The number of hydrogen-bond acceptors (Lipinski definition) is 19. The number of anilines is 2. The van der Waals surface area contributed by atoms with Crippen LogP contribution in [-0.2, 0) is 39.7 Å². The van der Waals surface area contributed by atoms with Crippen LogP contribution in [0.3, 0.4) is 0 Å². The molecule has 25 heteroatoms. The summed E-state index contributed by atoms with van der Waals surface area (Å²) < 4.78 is 106. The lowest BCUT2D eigenvalue weighted by Gasteiger charge is -2.12. The van der Waals surface area contributed by atoms with Crippen molar-refractivity contribution in [1.82, 2.24) is 15.0 Å². The summed E-state index contributed by atoms with van der Waals surface area (Å²) in [5.74, 6) is -0.0127. The van der Waals surface area contributed by atoms with Crippen LogP contribution >= 0.6 is 35.6 Å². The number of nitrogens with zero attached hydrogens (tertiary/aromatic N) is 5. The monoisotopic (exact) mass is 824 g/mol. The molecule has 51 heavy (non-hydrogen) atoms. The third-order valence-corrected chi connectivity index (χ3v) is 11.1. The van der Waals surface area contributed by atoms with E-state index >= 15 is 0 Å². The summed E-state index contributed by atoms with van der Waals surface area (Å²) in [7, 11) is -11.5. The molecule has 0 saturated heterocycles. The number of rotatable bonds is 19. The molecule has 0 bridgehead atoms. The Bertz CT molecular complexity index is 2170. The molecule has 0 aliphatic carbocycles. The van der Waals surface area contributed by atoms with Crippen molar-refractivity contribution >= 4 is 99.7 Å². The molecule has 0 saturated carbocycles. The topological polar surface area (TPSA) is 286 Å². The second-order valence-electron chi connectivity index (χ2n) is 9.94. The van der Waals surface area contributed by atoms with Gasteiger partial charge in [0, 0.05) is 27.9 Å². The molecule has 276 valence electrons. The fourth-order valence-electron chi connectivity index (χ4n) is 4.08. The lowest BCUT2D eigenvalue weighted by molar-refractivity contribution is -0.432. The van der Waals surface area contributed by atoms with Gasteiger partial charge in [0.25, 0.3) is 30.4 Å². The first-order valence-electron chi connectivity index (χ1n) is 14.0. The number of ether oxygens (including phenoxy) is 1. The predicted molar refractivity (Wildman–Crippen MR) is 188 cm³/mol. The third kappa shape index (κ3) is 13.4. The summed E-state index contributed by atoms with van der Waals surface area (Å²) in [5.41, 5.74) is 0.985. The normalized spacial score (nSPS) is 12.5. The maximum Gasteiger partial charge on any atom is 0.295 e. The molecular weight excluding hydrogens is 797 g/mol. The highest BCUT2D eigenvalue weighted by Crippen LogP contribution is 2.35. The van der Waals surface area contributed by atoms with E-state index in [0.29, 0.717) is 34.6 Å². The van der Waals surface area contributed by atoms with Crippen molar-refractivity contribution in [1.29, 1.82) is 0 Å². The standard InChI is InChI=1S/C26H28N6O13S6/c1-43-22-14-18(32-31-17-5-4-16-12-19(48-45-44-33)15-23(20(16)13-17)51(40,41)42)6-7-21(22)27-24-28-25(46-8-2-10-49(34,35)36)30-26(29-24)47-9-3-11-50(37,38)39/h4-7,12-15,33H,2-3,8-11H2,1H3,(H,34,35,36)(H,37,38,39)(H,40,41,42)(H,27,28,29,30). The van der Waals surface area contributed by atoms with Crippen LogP contribution in [0.5, 0.6) is 5.75 Å². The van der Waals surface area contributed by atoms with Gasteiger partial charge in [-0.2, -0.15) is 50.4 Å². The number of benzene rings is 3. The van der Waals surface area contributed by atoms with Gasteiger partial charge in [0.15, 0.2) is 10.3 Å². The van der Waals surface area contributed by atoms with E-state index < -0.39 is 46.8 Å². The molecule has 1 aromatic heterocycles. The largest absolute Gasteiger partial charge is 0.494 e. The van der Waals surface area contributed by atoms with Gasteiger partial charge in [0.05, 0.1) is 47.7 Å². The number of azo groups is 1. The zero-order chi connectivity index (χ0) is 37.2. The molecule has 3 aromatic carbocycles. The quantitative estimate of drug-likeness (QED) is 0.0146. The molecule has 1 heterocycles. The van der Waals surface area contributed by atoms with Gasteiger partial charge in [-0.25, -0.2) is 5.26 Å². The van der Waals surface area contributed by atoms with E-state index in [-0.39, 0.29) is 56.6 Å². The van der Waals surface area contributed by atoms with Crippen molar-refractivity contribution < 1.29 is 58.3 Å². The van der Waals surface area contributed by atoms with Crippen molar-refractivity contribution in [2.45, 2.75) is 32.9 Å². The Hall–Kier alpha value is -3.21. The number of fused-ring (bicyclic) bond motifs is 1. The maximum atomic E-state index is 12.1.